The standard InChI is InChI=1S/C47H86N2O7/c1-5-7-9-16-23-29-43-40(27-21-8-6-2)31-32-41(44(43)30-24-18-13-11-15-20-26-34-49-47(52)56-38-42-37-55-42)28-22-17-12-10-14-19-25-33-48-46(51)54-36-35-53-45(50)39(3)4/h40-44H,3,5-38H2,1-2,4H3,(H,48,51)(H,49,52). The molecule has 1 heterocycles. The number of amides is 2. The zero-order valence-corrected chi connectivity index (χ0v) is 36.5. The van der Waals surface area contributed by atoms with Gasteiger partial charge in [-0.15, -0.1) is 0 Å². The Hall–Kier alpha value is -2.29. The van der Waals surface area contributed by atoms with Gasteiger partial charge >= 0.3 is 18.2 Å². The Morgan fingerprint density at radius 3 is 1.43 bits per heavy atom. The highest BCUT2D eigenvalue weighted by Crippen LogP contribution is 2.47. The average molecular weight is 791 g/mol. The molecule has 1 aliphatic carbocycles. The average Bonchev–Trinajstić information content (AvgIpc) is 4.03. The molecule has 5 unspecified atom stereocenters. The van der Waals surface area contributed by atoms with Gasteiger partial charge in [0.25, 0.3) is 0 Å². The fourth-order valence-electron chi connectivity index (χ4n) is 8.82. The van der Waals surface area contributed by atoms with Crippen LogP contribution in [0.2, 0.25) is 0 Å². The molecule has 1 saturated heterocycles. The van der Waals surface area contributed by atoms with Crippen molar-refractivity contribution in [2.45, 2.75) is 207 Å². The molecular weight excluding hydrogens is 705 g/mol. The Morgan fingerprint density at radius 2 is 0.946 bits per heavy atom. The Labute approximate surface area is 343 Å². The summed E-state index contributed by atoms with van der Waals surface area (Å²) in [7, 11) is 0. The fourth-order valence-corrected chi connectivity index (χ4v) is 8.82. The molecular formula is C47H86N2O7. The predicted molar refractivity (Wildman–Crippen MR) is 229 cm³/mol. The number of esters is 1. The van der Waals surface area contributed by atoms with Crippen molar-refractivity contribution in [2.75, 3.05) is 39.5 Å². The van der Waals surface area contributed by atoms with E-state index in [1.165, 1.54) is 161 Å². The minimum absolute atomic E-state index is 0.0422. The molecule has 2 rings (SSSR count). The number of ether oxygens (including phenoxy) is 4. The molecule has 2 aliphatic rings. The third-order valence-corrected chi connectivity index (χ3v) is 12.2. The van der Waals surface area contributed by atoms with Gasteiger partial charge in [0.05, 0.1) is 6.61 Å². The monoisotopic (exact) mass is 791 g/mol. The summed E-state index contributed by atoms with van der Waals surface area (Å²) in [4.78, 5) is 35.0. The van der Waals surface area contributed by atoms with Crippen molar-refractivity contribution in [3.05, 3.63) is 12.2 Å². The van der Waals surface area contributed by atoms with E-state index < -0.39 is 12.1 Å². The van der Waals surface area contributed by atoms with Gasteiger partial charge in [-0.05, 0) is 69.1 Å². The lowest BCUT2D eigenvalue weighted by Crippen LogP contribution is -2.35. The molecule has 56 heavy (non-hydrogen) atoms. The van der Waals surface area contributed by atoms with E-state index in [0.29, 0.717) is 31.9 Å². The second-order valence-electron chi connectivity index (χ2n) is 17.1. The lowest BCUT2D eigenvalue weighted by atomic mass is 9.61. The smallest absolute Gasteiger partial charge is 0.407 e. The van der Waals surface area contributed by atoms with E-state index in [1.807, 2.05) is 0 Å². The summed E-state index contributed by atoms with van der Waals surface area (Å²) in [5, 5.41) is 5.66. The number of carbonyl (C=O) groups is 3. The van der Waals surface area contributed by atoms with Gasteiger partial charge in [-0.1, -0.05) is 162 Å². The molecule has 0 spiro atoms. The van der Waals surface area contributed by atoms with Gasteiger partial charge in [-0.25, -0.2) is 14.4 Å². The van der Waals surface area contributed by atoms with Crippen LogP contribution in [-0.4, -0.2) is 63.8 Å². The van der Waals surface area contributed by atoms with E-state index in [-0.39, 0.29) is 25.4 Å². The minimum atomic E-state index is -0.468. The number of rotatable bonds is 36. The third kappa shape index (κ3) is 25.9. The number of nitrogens with one attached hydrogen (secondary N) is 2. The van der Waals surface area contributed by atoms with Gasteiger partial charge in [0.2, 0.25) is 0 Å². The Bertz CT molecular complexity index is 1020. The van der Waals surface area contributed by atoms with Crippen molar-refractivity contribution in [3.63, 3.8) is 0 Å². The van der Waals surface area contributed by atoms with Crippen LogP contribution in [0.15, 0.2) is 12.2 Å². The van der Waals surface area contributed by atoms with E-state index in [2.05, 4.69) is 31.1 Å². The quantitative estimate of drug-likeness (QED) is 0.0213. The van der Waals surface area contributed by atoms with E-state index in [0.717, 1.165) is 42.9 Å². The maximum absolute atomic E-state index is 11.8. The second kappa shape index (κ2) is 33.7. The van der Waals surface area contributed by atoms with Crippen molar-refractivity contribution in [2.24, 2.45) is 23.7 Å². The number of unbranched alkanes of at least 4 members (excludes halogenated alkanes) is 18. The first kappa shape index (κ1) is 49.9. The normalized spacial score (nSPS) is 20.3. The van der Waals surface area contributed by atoms with Crippen LogP contribution in [0.1, 0.15) is 201 Å². The van der Waals surface area contributed by atoms with Crippen molar-refractivity contribution < 1.29 is 33.3 Å². The van der Waals surface area contributed by atoms with Crippen LogP contribution in [0, 0.1) is 23.7 Å². The van der Waals surface area contributed by atoms with Gasteiger partial charge in [-0.2, -0.15) is 0 Å². The van der Waals surface area contributed by atoms with Crippen molar-refractivity contribution in [1.29, 1.82) is 0 Å². The molecule has 0 aromatic carbocycles. The van der Waals surface area contributed by atoms with Crippen molar-refractivity contribution in [3.8, 4) is 0 Å². The number of carbonyl (C=O) groups excluding carboxylic acids is 3. The maximum Gasteiger partial charge on any atom is 0.407 e. The summed E-state index contributed by atoms with van der Waals surface area (Å²) in [6.07, 6.45) is 36.6. The Balaban J connectivity index is 1.69. The number of epoxide rings is 1. The third-order valence-electron chi connectivity index (χ3n) is 12.2. The first-order chi connectivity index (χ1) is 27.3. The molecule has 326 valence electrons. The molecule has 2 amide bonds. The van der Waals surface area contributed by atoms with Crippen LogP contribution in [0.4, 0.5) is 9.59 Å². The van der Waals surface area contributed by atoms with Crippen LogP contribution >= 0.6 is 0 Å². The highest BCUT2D eigenvalue weighted by molar-refractivity contribution is 5.86. The largest absolute Gasteiger partial charge is 0.459 e. The SMILES string of the molecule is C=C(C)C(=O)OCCOC(=O)NCCCCCCCCCC1CCC(CCCCC)C(CCCCCCC)C1CCCCCCCCCNC(=O)OCC1CO1. The maximum atomic E-state index is 11.8. The minimum Gasteiger partial charge on any atom is -0.459 e. The van der Waals surface area contributed by atoms with Gasteiger partial charge in [-0.3, -0.25) is 0 Å². The lowest BCUT2D eigenvalue weighted by molar-refractivity contribution is -0.139. The molecule has 2 fully saturated rings. The van der Waals surface area contributed by atoms with Crippen molar-refractivity contribution in [1.82, 2.24) is 10.6 Å². The topological polar surface area (TPSA) is 115 Å². The molecule has 2 N–H and O–H groups in total. The fraction of sp³-hybridized carbons (Fsp3) is 0.894. The Kier molecular flexibility index (Phi) is 30.0. The van der Waals surface area contributed by atoms with Gasteiger partial charge in [0.1, 0.15) is 25.9 Å². The second-order valence-corrected chi connectivity index (χ2v) is 17.1. The first-order valence-electron chi connectivity index (χ1n) is 23.6. The van der Waals surface area contributed by atoms with Crippen LogP contribution in [0.3, 0.4) is 0 Å². The highest BCUT2D eigenvalue weighted by Gasteiger charge is 2.37. The molecule has 9 nitrogen and oxygen atoms in total. The summed E-state index contributed by atoms with van der Waals surface area (Å²) in [6, 6.07) is 0. The zero-order chi connectivity index (χ0) is 40.5. The van der Waals surface area contributed by atoms with Crippen molar-refractivity contribution >= 4 is 18.2 Å². The molecule has 0 aromatic heterocycles. The first-order valence-corrected chi connectivity index (χ1v) is 23.6. The molecule has 1 aliphatic heterocycles. The van der Waals surface area contributed by atoms with Gasteiger partial charge in [0.15, 0.2) is 0 Å². The van der Waals surface area contributed by atoms with E-state index >= 15 is 0 Å². The molecule has 0 bridgehead atoms. The van der Waals surface area contributed by atoms with Crippen LogP contribution < -0.4 is 10.6 Å². The summed E-state index contributed by atoms with van der Waals surface area (Å²) in [5.41, 5.74) is 0.333. The highest BCUT2D eigenvalue weighted by atomic mass is 16.6. The lowest BCUT2D eigenvalue weighted by Gasteiger charge is -2.44. The van der Waals surface area contributed by atoms with Crippen LogP contribution in [0.25, 0.3) is 0 Å². The summed E-state index contributed by atoms with van der Waals surface area (Å²) >= 11 is 0. The van der Waals surface area contributed by atoms with Gasteiger partial charge < -0.3 is 29.6 Å². The van der Waals surface area contributed by atoms with E-state index in [1.54, 1.807) is 6.92 Å². The van der Waals surface area contributed by atoms with E-state index in [9.17, 15) is 14.4 Å². The number of hydrogen-bond acceptors (Lipinski definition) is 7. The van der Waals surface area contributed by atoms with Crippen LogP contribution in [-0.2, 0) is 23.7 Å². The number of hydrogen-bond donors (Lipinski definition) is 2. The molecule has 1 saturated carbocycles. The molecule has 0 aromatic rings. The molecule has 5 atom stereocenters. The van der Waals surface area contributed by atoms with E-state index in [4.69, 9.17) is 18.9 Å². The summed E-state index contributed by atoms with van der Waals surface area (Å²) in [6.45, 7) is 12.3. The summed E-state index contributed by atoms with van der Waals surface area (Å²) < 4.78 is 20.2. The Morgan fingerprint density at radius 1 is 0.554 bits per heavy atom. The predicted octanol–water partition coefficient (Wildman–Crippen LogP) is 12.4. The van der Waals surface area contributed by atoms with Crippen LogP contribution in [0.5, 0.6) is 0 Å². The molecule has 9 heteroatoms. The molecule has 0 radical (unpaired) electrons. The number of alkyl carbamates (subject to hydrolysis) is 2. The van der Waals surface area contributed by atoms with Gasteiger partial charge in [0, 0.05) is 18.7 Å². The zero-order valence-electron chi connectivity index (χ0n) is 36.5. The summed E-state index contributed by atoms with van der Waals surface area (Å²) in [5.74, 6) is 3.25.